The molecule has 1 aromatic rings. The summed E-state index contributed by atoms with van der Waals surface area (Å²) in [6.07, 6.45) is 3.68. The van der Waals surface area contributed by atoms with Gasteiger partial charge in [-0.3, -0.25) is 9.69 Å². The van der Waals surface area contributed by atoms with Gasteiger partial charge in [-0.05, 0) is 38.4 Å². The van der Waals surface area contributed by atoms with Crippen LogP contribution in [-0.2, 0) is 11.3 Å². The van der Waals surface area contributed by atoms with E-state index in [4.69, 9.17) is 4.42 Å². The van der Waals surface area contributed by atoms with E-state index in [0.29, 0.717) is 11.9 Å². The first-order valence-electron chi connectivity index (χ1n) is 7.99. The van der Waals surface area contributed by atoms with E-state index in [1.165, 1.54) is 0 Å². The number of piperazine rings is 1. The summed E-state index contributed by atoms with van der Waals surface area (Å²) in [4.78, 5) is 17.0. The highest BCUT2D eigenvalue weighted by Crippen LogP contribution is 2.20. The summed E-state index contributed by atoms with van der Waals surface area (Å²) in [5.41, 5.74) is 0. The zero-order chi connectivity index (χ0) is 14.7. The van der Waals surface area contributed by atoms with Gasteiger partial charge in [0.15, 0.2) is 0 Å². The van der Waals surface area contributed by atoms with Crippen LogP contribution in [0.5, 0.6) is 0 Å². The quantitative estimate of drug-likeness (QED) is 0.912. The van der Waals surface area contributed by atoms with Gasteiger partial charge in [-0.2, -0.15) is 0 Å². The lowest BCUT2D eigenvalue weighted by atomic mass is 9.92. The number of piperidine rings is 1. The van der Waals surface area contributed by atoms with Crippen molar-refractivity contribution in [1.82, 2.24) is 15.1 Å². The van der Waals surface area contributed by atoms with Gasteiger partial charge in [0, 0.05) is 38.1 Å². The van der Waals surface area contributed by atoms with Crippen LogP contribution < -0.4 is 5.32 Å². The number of carbonyl (C=O) groups excluding carboxylic acids is 1. The topological polar surface area (TPSA) is 48.7 Å². The van der Waals surface area contributed by atoms with Gasteiger partial charge in [0.1, 0.15) is 5.76 Å². The number of amides is 1. The summed E-state index contributed by atoms with van der Waals surface area (Å²) >= 11 is 0. The first-order chi connectivity index (χ1) is 10.2. The average Bonchev–Trinajstić information content (AvgIpc) is 3.00. The molecule has 5 heteroatoms. The van der Waals surface area contributed by atoms with Gasteiger partial charge in [-0.25, -0.2) is 0 Å². The number of nitrogens with zero attached hydrogens (tertiary/aromatic N) is 2. The molecule has 0 aliphatic carbocycles. The number of carbonyl (C=O) groups is 1. The van der Waals surface area contributed by atoms with Crippen molar-refractivity contribution >= 4 is 5.91 Å². The van der Waals surface area contributed by atoms with Gasteiger partial charge in [-0.1, -0.05) is 0 Å². The zero-order valence-electron chi connectivity index (χ0n) is 12.8. The molecule has 5 nitrogen and oxygen atoms in total. The van der Waals surface area contributed by atoms with E-state index < -0.39 is 0 Å². The van der Waals surface area contributed by atoms with E-state index in [1.54, 1.807) is 6.26 Å². The lowest BCUT2D eigenvalue weighted by Crippen LogP contribution is -2.51. The molecule has 0 radical (unpaired) electrons. The zero-order valence-corrected chi connectivity index (χ0v) is 12.8. The van der Waals surface area contributed by atoms with Gasteiger partial charge in [0.25, 0.3) is 0 Å². The second kappa shape index (κ2) is 6.62. The molecular formula is C16H25N3O2. The standard InChI is InChI=1S/C16H25N3O2/c1-13-11-14(4-5-17-13)16(20)19-8-6-18(7-9-19)12-15-3-2-10-21-15/h2-3,10,13-14,17H,4-9,11-12H2,1H3. The van der Waals surface area contributed by atoms with Crippen molar-refractivity contribution in [3.63, 3.8) is 0 Å². The monoisotopic (exact) mass is 291 g/mol. The molecule has 1 N–H and O–H groups in total. The molecule has 2 saturated heterocycles. The van der Waals surface area contributed by atoms with Gasteiger partial charge >= 0.3 is 0 Å². The summed E-state index contributed by atoms with van der Waals surface area (Å²) < 4.78 is 5.39. The first-order valence-corrected chi connectivity index (χ1v) is 7.99. The molecule has 1 aromatic heterocycles. The Balaban J connectivity index is 1.47. The molecule has 0 spiro atoms. The highest BCUT2D eigenvalue weighted by Gasteiger charge is 2.30. The minimum absolute atomic E-state index is 0.220. The number of hydrogen-bond acceptors (Lipinski definition) is 4. The van der Waals surface area contributed by atoms with Crippen molar-refractivity contribution in [2.45, 2.75) is 32.4 Å². The Labute approximate surface area is 126 Å². The Morgan fingerprint density at radius 3 is 2.86 bits per heavy atom. The maximum Gasteiger partial charge on any atom is 0.225 e. The minimum Gasteiger partial charge on any atom is -0.468 e. The summed E-state index contributed by atoms with van der Waals surface area (Å²) in [6.45, 7) is 7.55. The molecule has 2 atom stereocenters. The Morgan fingerprint density at radius 1 is 1.38 bits per heavy atom. The first kappa shape index (κ1) is 14.6. The van der Waals surface area contributed by atoms with Crippen molar-refractivity contribution in [3.05, 3.63) is 24.2 Å². The Kier molecular flexibility index (Phi) is 4.60. The molecule has 2 aliphatic rings. The van der Waals surface area contributed by atoms with Gasteiger partial charge in [0.05, 0.1) is 12.8 Å². The van der Waals surface area contributed by atoms with Crippen LogP contribution >= 0.6 is 0 Å². The van der Waals surface area contributed by atoms with Crippen LogP contribution in [0.2, 0.25) is 0 Å². The highest BCUT2D eigenvalue weighted by molar-refractivity contribution is 5.79. The summed E-state index contributed by atoms with van der Waals surface area (Å²) in [5.74, 6) is 1.58. The summed E-state index contributed by atoms with van der Waals surface area (Å²) in [7, 11) is 0. The second-order valence-corrected chi connectivity index (χ2v) is 6.26. The van der Waals surface area contributed by atoms with Gasteiger partial charge < -0.3 is 14.6 Å². The van der Waals surface area contributed by atoms with E-state index >= 15 is 0 Å². The van der Waals surface area contributed by atoms with Crippen molar-refractivity contribution in [3.8, 4) is 0 Å². The van der Waals surface area contributed by atoms with Crippen LogP contribution in [0.4, 0.5) is 0 Å². The van der Waals surface area contributed by atoms with Crippen molar-refractivity contribution in [2.75, 3.05) is 32.7 Å². The third kappa shape index (κ3) is 3.66. The Bertz CT molecular complexity index is 452. The molecule has 3 heterocycles. The fraction of sp³-hybridized carbons (Fsp3) is 0.688. The SMILES string of the molecule is CC1CC(C(=O)N2CCN(Cc3ccco3)CC2)CCN1. The molecule has 116 valence electrons. The molecule has 0 saturated carbocycles. The van der Waals surface area contributed by atoms with Crippen LogP contribution in [-0.4, -0.2) is 54.5 Å². The van der Waals surface area contributed by atoms with E-state index in [-0.39, 0.29) is 5.92 Å². The van der Waals surface area contributed by atoms with Crippen LogP contribution in [0, 0.1) is 5.92 Å². The number of nitrogens with one attached hydrogen (secondary N) is 1. The van der Waals surface area contributed by atoms with E-state index in [0.717, 1.165) is 57.9 Å². The Morgan fingerprint density at radius 2 is 2.19 bits per heavy atom. The molecule has 2 unspecified atom stereocenters. The molecule has 0 bridgehead atoms. The second-order valence-electron chi connectivity index (χ2n) is 6.26. The minimum atomic E-state index is 0.220. The largest absolute Gasteiger partial charge is 0.468 e. The van der Waals surface area contributed by atoms with Crippen molar-refractivity contribution in [2.24, 2.45) is 5.92 Å². The summed E-state index contributed by atoms with van der Waals surface area (Å²) in [5, 5.41) is 3.41. The number of furan rings is 1. The van der Waals surface area contributed by atoms with E-state index in [2.05, 4.69) is 22.0 Å². The van der Waals surface area contributed by atoms with Crippen molar-refractivity contribution in [1.29, 1.82) is 0 Å². The van der Waals surface area contributed by atoms with Crippen LogP contribution in [0.15, 0.2) is 22.8 Å². The molecule has 2 fully saturated rings. The normalized spacial score (nSPS) is 27.8. The van der Waals surface area contributed by atoms with Gasteiger partial charge in [-0.15, -0.1) is 0 Å². The molecule has 2 aliphatic heterocycles. The molecule has 1 amide bonds. The average molecular weight is 291 g/mol. The molecular weight excluding hydrogens is 266 g/mol. The predicted molar refractivity (Wildman–Crippen MR) is 80.8 cm³/mol. The maximum atomic E-state index is 12.6. The molecule has 3 rings (SSSR count). The fourth-order valence-corrected chi connectivity index (χ4v) is 3.36. The van der Waals surface area contributed by atoms with Crippen molar-refractivity contribution < 1.29 is 9.21 Å². The third-order valence-corrected chi connectivity index (χ3v) is 4.62. The number of rotatable bonds is 3. The molecule has 21 heavy (non-hydrogen) atoms. The van der Waals surface area contributed by atoms with Crippen LogP contribution in [0.25, 0.3) is 0 Å². The van der Waals surface area contributed by atoms with Crippen LogP contribution in [0.3, 0.4) is 0 Å². The predicted octanol–water partition coefficient (Wildman–Crippen LogP) is 1.31. The molecule has 0 aromatic carbocycles. The number of hydrogen-bond donors (Lipinski definition) is 1. The smallest absolute Gasteiger partial charge is 0.225 e. The summed E-state index contributed by atoms with van der Waals surface area (Å²) in [6, 6.07) is 4.40. The Hall–Kier alpha value is -1.33. The van der Waals surface area contributed by atoms with E-state index in [1.807, 2.05) is 12.1 Å². The lowest BCUT2D eigenvalue weighted by molar-refractivity contribution is -0.138. The lowest BCUT2D eigenvalue weighted by Gasteiger charge is -2.37. The van der Waals surface area contributed by atoms with Gasteiger partial charge in [0.2, 0.25) is 5.91 Å². The third-order valence-electron chi connectivity index (χ3n) is 4.62. The van der Waals surface area contributed by atoms with Crippen LogP contribution in [0.1, 0.15) is 25.5 Å². The maximum absolute atomic E-state index is 12.6. The van der Waals surface area contributed by atoms with E-state index in [9.17, 15) is 4.79 Å². The highest BCUT2D eigenvalue weighted by atomic mass is 16.3. The fourth-order valence-electron chi connectivity index (χ4n) is 3.36.